The van der Waals surface area contributed by atoms with Gasteiger partial charge in [0.1, 0.15) is 9.88 Å². The van der Waals surface area contributed by atoms with Crippen molar-refractivity contribution in [1.82, 2.24) is 15.6 Å². The van der Waals surface area contributed by atoms with Crippen LogP contribution in [0, 0.1) is 6.92 Å². The van der Waals surface area contributed by atoms with Crippen molar-refractivity contribution in [2.24, 2.45) is 0 Å². The van der Waals surface area contributed by atoms with Crippen LogP contribution in [0.4, 0.5) is 0 Å². The molecule has 0 saturated carbocycles. The Morgan fingerprint density at radius 2 is 2.14 bits per heavy atom. The van der Waals surface area contributed by atoms with Crippen LogP contribution in [0.1, 0.15) is 15.4 Å². The second-order valence-electron chi connectivity index (χ2n) is 4.54. The first-order valence-electron chi connectivity index (χ1n) is 6.83. The van der Waals surface area contributed by atoms with Crippen molar-refractivity contribution in [2.75, 3.05) is 33.4 Å². The number of carbonyl (C=O) groups excluding carboxylic acids is 1. The van der Waals surface area contributed by atoms with Gasteiger partial charge in [-0.3, -0.25) is 4.79 Å². The highest BCUT2D eigenvalue weighted by molar-refractivity contribution is 7.24. The summed E-state index contributed by atoms with van der Waals surface area (Å²) in [6.45, 7) is 4.56. The SMILES string of the molecule is COCCNCCNC(=O)c1sc(-c2ccc(Cl)s2)nc1C. The molecule has 22 heavy (non-hydrogen) atoms. The molecule has 0 aromatic carbocycles. The number of nitrogens with zero attached hydrogens (tertiary/aromatic N) is 1. The summed E-state index contributed by atoms with van der Waals surface area (Å²) in [7, 11) is 1.66. The minimum absolute atomic E-state index is 0.0857. The van der Waals surface area contributed by atoms with Gasteiger partial charge in [-0.05, 0) is 19.1 Å². The highest BCUT2D eigenvalue weighted by Crippen LogP contribution is 2.34. The molecule has 0 saturated heterocycles. The van der Waals surface area contributed by atoms with Crippen molar-refractivity contribution in [1.29, 1.82) is 0 Å². The van der Waals surface area contributed by atoms with Crippen molar-refractivity contribution in [3.05, 3.63) is 27.0 Å². The third-order valence-corrected chi connectivity index (χ3v) is 5.41. The van der Waals surface area contributed by atoms with E-state index in [4.69, 9.17) is 16.3 Å². The van der Waals surface area contributed by atoms with E-state index in [-0.39, 0.29) is 5.91 Å². The van der Waals surface area contributed by atoms with E-state index >= 15 is 0 Å². The van der Waals surface area contributed by atoms with E-state index in [0.717, 1.165) is 26.5 Å². The number of nitrogens with one attached hydrogen (secondary N) is 2. The fourth-order valence-corrected chi connectivity index (χ4v) is 3.87. The third-order valence-electron chi connectivity index (χ3n) is 2.86. The summed E-state index contributed by atoms with van der Waals surface area (Å²) >= 11 is 8.80. The summed E-state index contributed by atoms with van der Waals surface area (Å²) in [5.41, 5.74) is 0.745. The lowest BCUT2D eigenvalue weighted by molar-refractivity contribution is 0.0957. The van der Waals surface area contributed by atoms with Gasteiger partial charge in [-0.2, -0.15) is 0 Å². The number of rotatable bonds is 8. The van der Waals surface area contributed by atoms with Gasteiger partial charge in [-0.25, -0.2) is 4.98 Å². The van der Waals surface area contributed by atoms with Crippen molar-refractivity contribution in [3.63, 3.8) is 0 Å². The summed E-state index contributed by atoms with van der Waals surface area (Å²) in [6.07, 6.45) is 0. The van der Waals surface area contributed by atoms with Crippen LogP contribution < -0.4 is 10.6 Å². The summed E-state index contributed by atoms with van der Waals surface area (Å²) in [5, 5.41) is 6.90. The molecule has 0 spiro atoms. The Morgan fingerprint density at radius 3 is 2.82 bits per heavy atom. The zero-order valence-corrected chi connectivity index (χ0v) is 14.8. The molecule has 120 valence electrons. The molecule has 5 nitrogen and oxygen atoms in total. The van der Waals surface area contributed by atoms with Crippen LogP contribution >= 0.6 is 34.3 Å². The van der Waals surface area contributed by atoms with Gasteiger partial charge in [0, 0.05) is 26.7 Å². The average Bonchev–Trinajstić information content (AvgIpc) is 3.08. The number of hydrogen-bond acceptors (Lipinski definition) is 6. The summed E-state index contributed by atoms with van der Waals surface area (Å²) in [6, 6.07) is 3.76. The number of aryl methyl sites for hydroxylation is 1. The summed E-state index contributed by atoms with van der Waals surface area (Å²) in [5.74, 6) is -0.0857. The molecule has 8 heteroatoms. The number of halogens is 1. The standard InChI is InChI=1S/C14H18ClN3O2S2/c1-9-12(13(19)17-6-5-16-7-8-20-2)22-14(18-9)10-3-4-11(15)21-10/h3-4,16H,5-8H2,1-2H3,(H,17,19). The number of aromatic nitrogens is 1. The van der Waals surface area contributed by atoms with Crippen molar-refractivity contribution in [3.8, 4) is 9.88 Å². The highest BCUT2D eigenvalue weighted by atomic mass is 35.5. The van der Waals surface area contributed by atoms with Gasteiger partial charge in [0.15, 0.2) is 0 Å². The molecule has 2 N–H and O–H groups in total. The molecule has 2 aromatic heterocycles. The van der Waals surface area contributed by atoms with Crippen LogP contribution in [0.15, 0.2) is 12.1 Å². The first kappa shape index (κ1) is 17.4. The van der Waals surface area contributed by atoms with Gasteiger partial charge >= 0.3 is 0 Å². The minimum Gasteiger partial charge on any atom is -0.383 e. The number of carbonyl (C=O) groups is 1. The Kier molecular flexibility index (Phi) is 6.78. The Labute approximate surface area is 142 Å². The van der Waals surface area contributed by atoms with Crippen molar-refractivity contribution in [2.45, 2.75) is 6.92 Å². The second-order valence-corrected chi connectivity index (χ2v) is 7.25. The lowest BCUT2D eigenvalue weighted by atomic mass is 10.3. The number of ether oxygens (including phenoxy) is 1. The van der Waals surface area contributed by atoms with E-state index in [1.807, 2.05) is 19.1 Å². The largest absolute Gasteiger partial charge is 0.383 e. The van der Waals surface area contributed by atoms with Gasteiger partial charge in [0.05, 0.1) is 21.5 Å². The van der Waals surface area contributed by atoms with Crippen LogP contribution in [0.25, 0.3) is 9.88 Å². The quantitative estimate of drug-likeness (QED) is 0.711. The van der Waals surface area contributed by atoms with Crippen molar-refractivity contribution < 1.29 is 9.53 Å². The lowest BCUT2D eigenvalue weighted by Gasteiger charge is -2.05. The van der Waals surface area contributed by atoms with Gasteiger partial charge < -0.3 is 15.4 Å². The fourth-order valence-electron chi connectivity index (χ4n) is 1.79. The van der Waals surface area contributed by atoms with E-state index in [9.17, 15) is 4.79 Å². The molecular weight excluding hydrogens is 342 g/mol. The van der Waals surface area contributed by atoms with Crippen LogP contribution in [-0.2, 0) is 4.74 Å². The average molecular weight is 360 g/mol. The Balaban J connectivity index is 1.89. The van der Waals surface area contributed by atoms with Gasteiger partial charge in [0.2, 0.25) is 0 Å². The molecule has 2 aromatic rings. The molecule has 0 aliphatic rings. The van der Waals surface area contributed by atoms with E-state index in [2.05, 4.69) is 15.6 Å². The third kappa shape index (κ3) is 4.76. The zero-order chi connectivity index (χ0) is 15.9. The number of amides is 1. The van der Waals surface area contributed by atoms with Crippen LogP contribution in [0.5, 0.6) is 0 Å². The molecule has 2 rings (SSSR count). The molecule has 1 amide bonds. The van der Waals surface area contributed by atoms with E-state index in [0.29, 0.717) is 24.6 Å². The molecule has 0 aliphatic carbocycles. The number of thiophene rings is 1. The monoisotopic (exact) mass is 359 g/mol. The van der Waals surface area contributed by atoms with E-state index < -0.39 is 0 Å². The van der Waals surface area contributed by atoms with Gasteiger partial charge in [0.25, 0.3) is 5.91 Å². The lowest BCUT2D eigenvalue weighted by Crippen LogP contribution is -2.33. The zero-order valence-electron chi connectivity index (χ0n) is 12.4. The maximum atomic E-state index is 12.2. The highest BCUT2D eigenvalue weighted by Gasteiger charge is 2.16. The molecule has 0 aliphatic heterocycles. The van der Waals surface area contributed by atoms with Gasteiger partial charge in [-0.15, -0.1) is 22.7 Å². The fraction of sp³-hybridized carbons (Fsp3) is 0.429. The number of thiazole rings is 1. The first-order chi connectivity index (χ1) is 10.6. The van der Waals surface area contributed by atoms with Crippen molar-refractivity contribution >= 4 is 40.2 Å². The topological polar surface area (TPSA) is 63.2 Å². The molecule has 0 atom stereocenters. The van der Waals surface area contributed by atoms with E-state index in [1.54, 1.807) is 7.11 Å². The molecular formula is C14H18ClN3O2S2. The second kappa shape index (κ2) is 8.59. The van der Waals surface area contributed by atoms with Crippen LogP contribution in [-0.4, -0.2) is 44.2 Å². The van der Waals surface area contributed by atoms with Gasteiger partial charge in [-0.1, -0.05) is 11.6 Å². The minimum atomic E-state index is -0.0857. The number of hydrogen-bond donors (Lipinski definition) is 2. The maximum absolute atomic E-state index is 12.2. The maximum Gasteiger partial charge on any atom is 0.263 e. The summed E-state index contributed by atoms with van der Waals surface area (Å²) in [4.78, 5) is 18.3. The van der Waals surface area contributed by atoms with Crippen LogP contribution in [0.3, 0.4) is 0 Å². The number of methoxy groups -OCH3 is 1. The predicted octanol–water partition coefficient (Wildman–Crippen LogP) is 2.80. The van der Waals surface area contributed by atoms with Crippen LogP contribution in [0.2, 0.25) is 4.34 Å². The summed E-state index contributed by atoms with van der Waals surface area (Å²) < 4.78 is 5.65. The molecule has 0 unspecified atom stereocenters. The Morgan fingerprint density at radius 1 is 1.32 bits per heavy atom. The first-order valence-corrected chi connectivity index (χ1v) is 8.84. The molecule has 0 bridgehead atoms. The Bertz CT molecular complexity index is 627. The van der Waals surface area contributed by atoms with E-state index in [1.165, 1.54) is 22.7 Å². The predicted molar refractivity (Wildman–Crippen MR) is 92.3 cm³/mol. The smallest absolute Gasteiger partial charge is 0.263 e. The molecule has 0 fully saturated rings. The normalized spacial score (nSPS) is 10.9. The molecule has 2 heterocycles. The molecule has 0 radical (unpaired) electrons. The Hall–Kier alpha value is -0.990.